The number of aliphatic carboxylic acids is 1. The summed E-state index contributed by atoms with van der Waals surface area (Å²) >= 11 is 0. The molecule has 8 heteroatoms. The SMILES string of the molecule is Cc1ccc(S(=O)(=O)NC(C)C(C)C(=O)O)cc1C(N)=O. The van der Waals surface area contributed by atoms with Gasteiger partial charge in [0.25, 0.3) is 0 Å². The van der Waals surface area contributed by atoms with Gasteiger partial charge in [-0.2, -0.15) is 0 Å². The minimum absolute atomic E-state index is 0.108. The van der Waals surface area contributed by atoms with E-state index in [1.165, 1.54) is 32.0 Å². The number of carbonyl (C=O) groups excluding carboxylic acids is 1. The van der Waals surface area contributed by atoms with Gasteiger partial charge >= 0.3 is 5.97 Å². The van der Waals surface area contributed by atoms with Crippen LogP contribution in [-0.2, 0) is 14.8 Å². The topological polar surface area (TPSA) is 127 Å². The number of amides is 1. The van der Waals surface area contributed by atoms with E-state index in [0.717, 1.165) is 0 Å². The van der Waals surface area contributed by atoms with Crippen LogP contribution >= 0.6 is 0 Å². The lowest BCUT2D eigenvalue weighted by atomic mass is 10.1. The Kier molecular flexibility index (Phi) is 5.08. The first-order valence-electron chi connectivity index (χ1n) is 6.22. The van der Waals surface area contributed by atoms with E-state index in [9.17, 15) is 18.0 Å². The Bertz CT molecular complexity index is 669. The van der Waals surface area contributed by atoms with Crippen LogP contribution in [0.15, 0.2) is 23.1 Å². The number of rotatable bonds is 6. The summed E-state index contributed by atoms with van der Waals surface area (Å²) in [7, 11) is -3.93. The number of carboxylic acids is 1. The predicted molar refractivity (Wildman–Crippen MR) is 76.3 cm³/mol. The molecule has 0 bridgehead atoms. The number of primary amides is 1. The first-order valence-corrected chi connectivity index (χ1v) is 7.70. The smallest absolute Gasteiger partial charge is 0.307 e. The zero-order valence-electron chi connectivity index (χ0n) is 12.0. The quantitative estimate of drug-likeness (QED) is 0.704. The van der Waals surface area contributed by atoms with E-state index < -0.39 is 33.9 Å². The second kappa shape index (κ2) is 6.23. The minimum Gasteiger partial charge on any atom is -0.481 e. The molecule has 0 fully saturated rings. The monoisotopic (exact) mass is 314 g/mol. The number of carboxylic acid groups (broad SMARTS) is 1. The highest BCUT2D eigenvalue weighted by molar-refractivity contribution is 7.89. The van der Waals surface area contributed by atoms with Crippen LogP contribution in [0, 0.1) is 12.8 Å². The standard InChI is InChI=1S/C13H18N2O5S/c1-7-4-5-10(6-11(7)12(14)16)21(19,20)15-9(3)8(2)13(17)18/h4-6,8-9,15H,1-3H3,(H2,14,16)(H,17,18). The van der Waals surface area contributed by atoms with Crippen LogP contribution in [-0.4, -0.2) is 31.4 Å². The molecule has 4 N–H and O–H groups in total. The van der Waals surface area contributed by atoms with Gasteiger partial charge in [-0.25, -0.2) is 13.1 Å². The normalized spacial score (nSPS) is 14.4. The summed E-state index contributed by atoms with van der Waals surface area (Å²) in [4.78, 5) is 22.0. The minimum atomic E-state index is -3.93. The Morgan fingerprint density at radius 2 is 1.86 bits per heavy atom. The van der Waals surface area contributed by atoms with Crippen molar-refractivity contribution in [3.8, 4) is 0 Å². The number of nitrogens with two attached hydrogens (primary N) is 1. The fourth-order valence-electron chi connectivity index (χ4n) is 1.66. The van der Waals surface area contributed by atoms with Crippen LogP contribution in [0.1, 0.15) is 29.8 Å². The van der Waals surface area contributed by atoms with Gasteiger partial charge in [-0.1, -0.05) is 13.0 Å². The van der Waals surface area contributed by atoms with Crippen molar-refractivity contribution in [3.63, 3.8) is 0 Å². The molecule has 1 amide bonds. The number of nitrogens with one attached hydrogen (secondary N) is 1. The molecule has 7 nitrogen and oxygen atoms in total. The lowest BCUT2D eigenvalue weighted by Crippen LogP contribution is -2.40. The van der Waals surface area contributed by atoms with Crippen molar-refractivity contribution >= 4 is 21.9 Å². The van der Waals surface area contributed by atoms with Crippen molar-refractivity contribution in [2.75, 3.05) is 0 Å². The maximum atomic E-state index is 12.2. The molecule has 0 aliphatic rings. The van der Waals surface area contributed by atoms with Gasteiger partial charge in [0.2, 0.25) is 15.9 Å². The number of sulfonamides is 1. The number of benzene rings is 1. The Labute approximate surface area is 123 Å². The highest BCUT2D eigenvalue weighted by Crippen LogP contribution is 2.16. The van der Waals surface area contributed by atoms with Gasteiger partial charge in [0.05, 0.1) is 10.8 Å². The average Bonchev–Trinajstić information content (AvgIpc) is 2.36. The molecule has 1 aromatic rings. The lowest BCUT2D eigenvalue weighted by molar-refractivity contribution is -0.141. The van der Waals surface area contributed by atoms with Gasteiger partial charge < -0.3 is 10.8 Å². The molecule has 0 saturated heterocycles. The molecular weight excluding hydrogens is 296 g/mol. The summed E-state index contributed by atoms with van der Waals surface area (Å²) in [6.07, 6.45) is 0. The molecule has 2 atom stereocenters. The van der Waals surface area contributed by atoms with Crippen LogP contribution < -0.4 is 10.5 Å². The number of hydrogen-bond donors (Lipinski definition) is 3. The Morgan fingerprint density at radius 1 is 1.29 bits per heavy atom. The van der Waals surface area contributed by atoms with E-state index in [4.69, 9.17) is 10.8 Å². The van der Waals surface area contributed by atoms with E-state index in [-0.39, 0.29) is 10.5 Å². The van der Waals surface area contributed by atoms with Gasteiger partial charge in [-0.05, 0) is 31.5 Å². The van der Waals surface area contributed by atoms with Crippen molar-refractivity contribution < 1.29 is 23.1 Å². The van der Waals surface area contributed by atoms with Crippen LogP contribution in [0.2, 0.25) is 0 Å². The molecule has 0 heterocycles. The van der Waals surface area contributed by atoms with Crippen molar-refractivity contribution in [2.45, 2.75) is 31.7 Å². The third kappa shape index (κ3) is 4.02. The predicted octanol–water partition coefficient (Wildman–Crippen LogP) is 0.481. The van der Waals surface area contributed by atoms with E-state index in [1.54, 1.807) is 6.92 Å². The van der Waals surface area contributed by atoms with Crippen LogP contribution in [0.5, 0.6) is 0 Å². The maximum absolute atomic E-state index is 12.2. The highest BCUT2D eigenvalue weighted by Gasteiger charge is 2.25. The average molecular weight is 314 g/mol. The molecule has 0 aromatic heterocycles. The summed E-state index contributed by atoms with van der Waals surface area (Å²) in [5.74, 6) is -2.72. The number of carbonyl (C=O) groups is 2. The van der Waals surface area contributed by atoms with Crippen LogP contribution in [0.4, 0.5) is 0 Å². The van der Waals surface area contributed by atoms with Crippen LogP contribution in [0.25, 0.3) is 0 Å². The molecule has 2 unspecified atom stereocenters. The highest BCUT2D eigenvalue weighted by atomic mass is 32.2. The van der Waals surface area contributed by atoms with Crippen molar-refractivity contribution in [1.29, 1.82) is 0 Å². The molecule has 0 saturated carbocycles. The molecule has 0 aliphatic carbocycles. The molecule has 0 spiro atoms. The Balaban J connectivity index is 3.12. The first kappa shape index (κ1) is 17.1. The van der Waals surface area contributed by atoms with Gasteiger partial charge in [-0.15, -0.1) is 0 Å². The first-order chi connectivity index (χ1) is 9.56. The second-order valence-corrected chi connectivity index (χ2v) is 6.59. The van der Waals surface area contributed by atoms with Crippen LogP contribution in [0.3, 0.4) is 0 Å². The van der Waals surface area contributed by atoms with E-state index in [2.05, 4.69) is 4.72 Å². The third-order valence-electron chi connectivity index (χ3n) is 3.27. The molecular formula is C13H18N2O5S. The largest absolute Gasteiger partial charge is 0.481 e. The van der Waals surface area contributed by atoms with Crippen molar-refractivity contribution in [2.24, 2.45) is 11.7 Å². The zero-order chi connectivity index (χ0) is 16.4. The van der Waals surface area contributed by atoms with Crippen molar-refractivity contribution in [3.05, 3.63) is 29.3 Å². The summed E-state index contributed by atoms with van der Waals surface area (Å²) < 4.78 is 26.7. The third-order valence-corrected chi connectivity index (χ3v) is 4.82. The molecule has 116 valence electrons. The maximum Gasteiger partial charge on any atom is 0.307 e. The fraction of sp³-hybridized carbons (Fsp3) is 0.385. The number of aryl methyl sites for hydroxylation is 1. The summed E-state index contributed by atoms with van der Waals surface area (Å²) in [5.41, 5.74) is 5.86. The van der Waals surface area contributed by atoms with Gasteiger partial charge in [0.1, 0.15) is 0 Å². The molecule has 0 radical (unpaired) electrons. The lowest BCUT2D eigenvalue weighted by Gasteiger charge is -2.18. The summed E-state index contributed by atoms with van der Waals surface area (Å²) in [5, 5.41) is 8.88. The number of hydrogen-bond acceptors (Lipinski definition) is 4. The molecule has 1 rings (SSSR count). The fourth-order valence-corrected chi connectivity index (χ4v) is 3.01. The van der Waals surface area contributed by atoms with Gasteiger partial charge in [-0.3, -0.25) is 9.59 Å². The summed E-state index contributed by atoms with van der Waals surface area (Å²) in [6.45, 7) is 4.50. The Morgan fingerprint density at radius 3 is 2.33 bits per heavy atom. The molecule has 21 heavy (non-hydrogen) atoms. The molecule has 0 aliphatic heterocycles. The van der Waals surface area contributed by atoms with E-state index >= 15 is 0 Å². The van der Waals surface area contributed by atoms with Gasteiger partial charge in [0.15, 0.2) is 0 Å². The van der Waals surface area contributed by atoms with E-state index in [0.29, 0.717) is 5.56 Å². The Hall–Kier alpha value is -1.93. The van der Waals surface area contributed by atoms with E-state index in [1.807, 2.05) is 0 Å². The van der Waals surface area contributed by atoms with Gasteiger partial charge in [0, 0.05) is 11.6 Å². The second-order valence-electron chi connectivity index (χ2n) is 4.88. The molecule has 1 aromatic carbocycles. The summed E-state index contributed by atoms with van der Waals surface area (Å²) in [6, 6.07) is 3.19. The van der Waals surface area contributed by atoms with Crippen molar-refractivity contribution in [1.82, 2.24) is 4.72 Å². The zero-order valence-corrected chi connectivity index (χ0v) is 12.8.